The Morgan fingerprint density at radius 2 is 1.74 bits per heavy atom. The molecule has 0 aliphatic heterocycles. The highest BCUT2D eigenvalue weighted by atomic mass is 35.5. The van der Waals surface area contributed by atoms with Crippen LogP contribution in [0.15, 0.2) is 29.8 Å². The van der Waals surface area contributed by atoms with Crippen molar-refractivity contribution in [3.8, 4) is 0 Å². The molecule has 0 aliphatic carbocycles. The number of hydrogen-bond acceptors (Lipinski definition) is 5. The lowest BCUT2D eigenvalue weighted by atomic mass is 10.1. The first-order valence-electron chi connectivity index (χ1n) is 5.17. The third-order valence-electron chi connectivity index (χ3n) is 2.18. The minimum atomic E-state index is -1.14. The average Bonchev–Trinajstić information content (AvgIpc) is 2.42. The van der Waals surface area contributed by atoms with Crippen molar-refractivity contribution in [2.75, 3.05) is 14.2 Å². The van der Waals surface area contributed by atoms with Gasteiger partial charge < -0.3 is 9.47 Å². The molecule has 0 fully saturated rings. The molecule has 0 bridgehead atoms. The molecule has 0 spiro atoms. The van der Waals surface area contributed by atoms with Gasteiger partial charge in [0.1, 0.15) is 5.57 Å². The van der Waals surface area contributed by atoms with E-state index in [2.05, 4.69) is 9.47 Å². The molecule has 5 nitrogen and oxygen atoms in total. The Morgan fingerprint density at radius 1 is 1.11 bits per heavy atom. The van der Waals surface area contributed by atoms with Gasteiger partial charge in [-0.15, -0.1) is 0 Å². The highest BCUT2D eigenvalue weighted by Crippen LogP contribution is 2.15. The van der Waals surface area contributed by atoms with Gasteiger partial charge in [0.15, 0.2) is 0 Å². The number of ether oxygens (including phenoxy) is 2. The molecule has 19 heavy (non-hydrogen) atoms. The van der Waals surface area contributed by atoms with Gasteiger partial charge in [-0.2, -0.15) is 0 Å². The molecule has 0 aromatic heterocycles. The van der Waals surface area contributed by atoms with Gasteiger partial charge in [0.25, 0.3) is 5.78 Å². The molecule has 0 unspecified atom stereocenters. The summed E-state index contributed by atoms with van der Waals surface area (Å²) in [4.78, 5) is 34.4. The number of esters is 2. The van der Waals surface area contributed by atoms with Crippen molar-refractivity contribution in [1.29, 1.82) is 0 Å². The molecule has 1 aromatic carbocycles. The highest BCUT2D eigenvalue weighted by molar-refractivity contribution is 6.47. The van der Waals surface area contributed by atoms with Crippen molar-refractivity contribution < 1.29 is 23.9 Å². The van der Waals surface area contributed by atoms with Gasteiger partial charge in [0, 0.05) is 5.02 Å². The van der Waals surface area contributed by atoms with Crippen molar-refractivity contribution in [1.82, 2.24) is 0 Å². The number of carbonyl (C=O) groups is 3. The molecule has 100 valence electrons. The number of benzene rings is 1. The number of hydrogen-bond donors (Lipinski definition) is 0. The molecular formula is C13H11ClO5. The molecule has 0 atom stereocenters. The zero-order valence-electron chi connectivity index (χ0n) is 10.3. The van der Waals surface area contributed by atoms with Crippen LogP contribution in [-0.2, 0) is 23.9 Å². The first kappa shape index (κ1) is 14.9. The number of ketones is 1. The molecule has 6 heteroatoms. The van der Waals surface area contributed by atoms with Crippen molar-refractivity contribution in [3.05, 3.63) is 40.4 Å². The van der Waals surface area contributed by atoms with Crippen molar-refractivity contribution in [2.24, 2.45) is 0 Å². The molecule has 0 heterocycles. The molecule has 0 N–H and O–H groups in total. The Morgan fingerprint density at radius 3 is 2.26 bits per heavy atom. The molecule has 0 saturated heterocycles. The second-order valence-corrected chi connectivity index (χ2v) is 3.86. The number of carbonyl (C=O) groups excluding carboxylic acids is 3. The zero-order chi connectivity index (χ0) is 14.4. The van der Waals surface area contributed by atoms with Gasteiger partial charge in [0.2, 0.25) is 0 Å². The quantitative estimate of drug-likeness (QED) is 0.276. The minimum Gasteiger partial charge on any atom is -0.465 e. The Bertz CT molecular complexity index is 548. The monoisotopic (exact) mass is 282 g/mol. The first-order valence-corrected chi connectivity index (χ1v) is 5.55. The molecule has 0 radical (unpaired) electrons. The topological polar surface area (TPSA) is 69.7 Å². The summed E-state index contributed by atoms with van der Waals surface area (Å²) in [6.45, 7) is 0. The summed E-state index contributed by atoms with van der Waals surface area (Å²) in [6, 6.07) is 6.44. The molecule has 0 amide bonds. The van der Waals surface area contributed by atoms with Crippen LogP contribution in [0.25, 0.3) is 6.08 Å². The fourth-order valence-electron chi connectivity index (χ4n) is 1.29. The third kappa shape index (κ3) is 3.93. The largest absolute Gasteiger partial charge is 0.465 e. The van der Waals surface area contributed by atoms with E-state index < -0.39 is 23.3 Å². The smallest absolute Gasteiger partial charge is 0.379 e. The standard InChI is InChI=1S/C13H11ClO5/c1-18-12(16)10(11(15)13(17)19-2)7-8-4-3-5-9(14)6-8/h3-7H,1-2H3/b10-7+. The van der Waals surface area contributed by atoms with Crippen molar-refractivity contribution >= 4 is 35.4 Å². The van der Waals surface area contributed by atoms with Crippen LogP contribution in [0, 0.1) is 0 Å². The number of Topliss-reactive ketones (excluding diaryl/α,β-unsaturated/α-hetero) is 1. The summed E-state index contributed by atoms with van der Waals surface area (Å²) in [5.74, 6) is -3.14. The number of methoxy groups -OCH3 is 2. The van der Waals surface area contributed by atoms with Crippen LogP contribution in [0.2, 0.25) is 5.02 Å². The predicted molar refractivity (Wildman–Crippen MR) is 68.5 cm³/mol. The van der Waals surface area contributed by atoms with E-state index in [9.17, 15) is 14.4 Å². The van der Waals surface area contributed by atoms with Crippen LogP contribution in [0.4, 0.5) is 0 Å². The molecule has 0 saturated carbocycles. The number of rotatable bonds is 4. The van der Waals surface area contributed by atoms with Crippen LogP contribution in [-0.4, -0.2) is 31.9 Å². The summed E-state index contributed by atoms with van der Waals surface area (Å²) in [6.07, 6.45) is 1.22. The van der Waals surface area contributed by atoms with E-state index in [1.54, 1.807) is 18.2 Å². The van der Waals surface area contributed by atoms with Crippen LogP contribution in [0.1, 0.15) is 5.56 Å². The van der Waals surface area contributed by atoms with Gasteiger partial charge in [0.05, 0.1) is 14.2 Å². The van der Waals surface area contributed by atoms with E-state index in [1.807, 2.05) is 0 Å². The van der Waals surface area contributed by atoms with Crippen molar-refractivity contribution in [3.63, 3.8) is 0 Å². The van der Waals surface area contributed by atoms with Gasteiger partial charge in [-0.25, -0.2) is 9.59 Å². The van der Waals surface area contributed by atoms with Gasteiger partial charge >= 0.3 is 11.9 Å². The normalized spacial score (nSPS) is 10.8. The summed E-state index contributed by atoms with van der Waals surface area (Å²) in [7, 11) is 2.16. The van der Waals surface area contributed by atoms with E-state index in [1.165, 1.54) is 12.1 Å². The molecular weight excluding hydrogens is 272 g/mol. The van der Waals surface area contributed by atoms with E-state index in [0.717, 1.165) is 14.2 Å². The van der Waals surface area contributed by atoms with E-state index in [-0.39, 0.29) is 0 Å². The summed E-state index contributed by atoms with van der Waals surface area (Å²) >= 11 is 5.79. The fourth-order valence-corrected chi connectivity index (χ4v) is 1.49. The number of halogens is 1. The molecule has 1 rings (SSSR count). The second kappa shape index (κ2) is 6.70. The molecule has 0 aliphatic rings. The lowest BCUT2D eigenvalue weighted by Gasteiger charge is -2.03. The summed E-state index contributed by atoms with van der Waals surface area (Å²) in [5.41, 5.74) is 0.0711. The van der Waals surface area contributed by atoms with E-state index in [0.29, 0.717) is 10.6 Å². The van der Waals surface area contributed by atoms with Gasteiger partial charge in [-0.3, -0.25) is 4.79 Å². The minimum absolute atomic E-state index is 0.420. The Kier molecular flexibility index (Phi) is 5.26. The van der Waals surface area contributed by atoms with Gasteiger partial charge in [-0.1, -0.05) is 23.7 Å². The Hall–Kier alpha value is -2.14. The van der Waals surface area contributed by atoms with Gasteiger partial charge in [-0.05, 0) is 23.8 Å². The van der Waals surface area contributed by atoms with E-state index in [4.69, 9.17) is 11.6 Å². The lowest BCUT2D eigenvalue weighted by molar-refractivity contribution is -0.151. The second-order valence-electron chi connectivity index (χ2n) is 3.43. The maximum absolute atomic E-state index is 11.7. The Labute approximate surface area is 114 Å². The first-order chi connectivity index (χ1) is 8.99. The Balaban J connectivity index is 3.21. The predicted octanol–water partition coefficient (Wildman–Crippen LogP) is 1.64. The molecule has 1 aromatic rings. The lowest BCUT2D eigenvalue weighted by Crippen LogP contribution is -2.23. The third-order valence-corrected chi connectivity index (χ3v) is 2.42. The van der Waals surface area contributed by atoms with Crippen LogP contribution in [0.3, 0.4) is 0 Å². The summed E-state index contributed by atoms with van der Waals surface area (Å²) < 4.78 is 8.75. The van der Waals surface area contributed by atoms with Crippen LogP contribution in [0.5, 0.6) is 0 Å². The maximum Gasteiger partial charge on any atom is 0.379 e. The van der Waals surface area contributed by atoms with Crippen LogP contribution < -0.4 is 0 Å². The van der Waals surface area contributed by atoms with E-state index >= 15 is 0 Å². The summed E-state index contributed by atoms with van der Waals surface area (Å²) in [5, 5.41) is 0.434. The zero-order valence-corrected chi connectivity index (χ0v) is 11.1. The van der Waals surface area contributed by atoms with Crippen molar-refractivity contribution in [2.45, 2.75) is 0 Å². The maximum atomic E-state index is 11.7. The average molecular weight is 283 g/mol. The van der Waals surface area contributed by atoms with Crippen LogP contribution >= 0.6 is 11.6 Å². The SMILES string of the molecule is COC(=O)C(=O)/C(=C\c1cccc(Cl)c1)C(=O)OC. The fraction of sp³-hybridized carbons (Fsp3) is 0.154. The highest BCUT2D eigenvalue weighted by Gasteiger charge is 2.26.